The van der Waals surface area contributed by atoms with Crippen molar-refractivity contribution in [3.63, 3.8) is 0 Å². The number of rotatable bonds is 6. The summed E-state index contributed by atoms with van der Waals surface area (Å²) in [5.74, 6) is -0.698. The highest BCUT2D eigenvalue weighted by atomic mass is 16.5. The minimum absolute atomic E-state index is 0.106. The molecule has 4 nitrogen and oxygen atoms in total. The van der Waals surface area contributed by atoms with E-state index in [0.29, 0.717) is 23.6 Å². The lowest BCUT2D eigenvalue weighted by molar-refractivity contribution is -0.144. The van der Waals surface area contributed by atoms with Crippen molar-refractivity contribution in [3.05, 3.63) is 0 Å². The van der Waals surface area contributed by atoms with Gasteiger partial charge in [0.25, 0.3) is 0 Å². The zero-order valence-electron chi connectivity index (χ0n) is 12.7. The van der Waals surface area contributed by atoms with Crippen molar-refractivity contribution in [2.45, 2.75) is 70.6 Å². The van der Waals surface area contributed by atoms with Gasteiger partial charge in [-0.3, -0.25) is 9.69 Å². The van der Waals surface area contributed by atoms with Crippen molar-refractivity contribution in [3.8, 4) is 0 Å². The van der Waals surface area contributed by atoms with E-state index in [-0.39, 0.29) is 5.92 Å². The first-order valence-corrected chi connectivity index (χ1v) is 8.09. The minimum Gasteiger partial charge on any atom is -0.481 e. The van der Waals surface area contributed by atoms with Crippen molar-refractivity contribution in [2.75, 3.05) is 13.2 Å². The number of carboxylic acid groups (broad SMARTS) is 1. The lowest BCUT2D eigenvalue weighted by Crippen LogP contribution is -2.47. The highest BCUT2D eigenvalue weighted by Crippen LogP contribution is 2.50. The Morgan fingerprint density at radius 3 is 2.35 bits per heavy atom. The Bertz CT molecular complexity index is 364. The average molecular weight is 281 g/mol. The van der Waals surface area contributed by atoms with E-state index in [1.165, 1.54) is 25.7 Å². The SMILES string of the molecule is CC(C)OCC1(CN2C3CCC2CC(C(=O)O)C3)CC1. The second-order valence-electron chi connectivity index (χ2n) is 7.42. The monoisotopic (exact) mass is 281 g/mol. The van der Waals surface area contributed by atoms with Crippen LogP contribution in [0.4, 0.5) is 0 Å². The Labute approximate surface area is 121 Å². The first-order valence-electron chi connectivity index (χ1n) is 8.09. The quantitative estimate of drug-likeness (QED) is 0.813. The molecule has 2 saturated heterocycles. The highest BCUT2D eigenvalue weighted by molar-refractivity contribution is 5.70. The second-order valence-corrected chi connectivity index (χ2v) is 7.42. The predicted octanol–water partition coefficient (Wildman–Crippen LogP) is 2.52. The summed E-state index contributed by atoms with van der Waals surface area (Å²) in [7, 11) is 0. The van der Waals surface area contributed by atoms with Crippen molar-refractivity contribution in [1.82, 2.24) is 4.90 Å². The van der Waals surface area contributed by atoms with E-state index >= 15 is 0 Å². The maximum atomic E-state index is 11.2. The molecule has 1 N–H and O–H groups in total. The summed E-state index contributed by atoms with van der Waals surface area (Å²) < 4.78 is 5.84. The Morgan fingerprint density at radius 1 is 1.30 bits per heavy atom. The molecule has 0 radical (unpaired) electrons. The van der Waals surface area contributed by atoms with Gasteiger partial charge in [0.1, 0.15) is 0 Å². The van der Waals surface area contributed by atoms with Gasteiger partial charge in [-0.05, 0) is 52.4 Å². The van der Waals surface area contributed by atoms with Gasteiger partial charge in [-0.1, -0.05) is 0 Å². The van der Waals surface area contributed by atoms with Crippen LogP contribution >= 0.6 is 0 Å². The molecule has 2 unspecified atom stereocenters. The summed E-state index contributed by atoms with van der Waals surface area (Å²) >= 11 is 0. The number of hydrogen-bond donors (Lipinski definition) is 1. The van der Waals surface area contributed by atoms with Gasteiger partial charge < -0.3 is 9.84 Å². The topological polar surface area (TPSA) is 49.8 Å². The van der Waals surface area contributed by atoms with E-state index in [2.05, 4.69) is 18.7 Å². The van der Waals surface area contributed by atoms with Crippen LogP contribution in [0, 0.1) is 11.3 Å². The van der Waals surface area contributed by atoms with E-state index in [4.69, 9.17) is 4.74 Å². The molecule has 0 aromatic heterocycles. The van der Waals surface area contributed by atoms with Crippen molar-refractivity contribution in [1.29, 1.82) is 0 Å². The summed E-state index contributed by atoms with van der Waals surface area (Å²) in [6.07, 6.45) is 6.95. The molecular weight excluding hydrogens is 254 g/mol. The summed E-state index contributed by atoms with van der Waals surface area (Å²) in [4.78, 5) is 13.8. The molecule has 2 heterocycles. The molecule has 3 fully saturated rings. The van der Waals surface area contributed by atoms with Gasteiger partial charge in [0, 0.05) is 24.0 Å². The van der Waals surface area contributed by atoms with E-state index < -0.39 is 5.97 Å². The van der Waals surface area contributed by atoms with Crippen LogP contribution < -0.4 is 0 Å². The molecule has 1 saturated carbocycles. The molecule has 0 aromatic carbocycles. The van der Waals surface area contributed by atoms with Gasteiger partial charge >= 0.3 is 5.97 Å². The van der Waals surface area contributed by atoms with Crippen LogP contribution in [-0.4, -0.2) is 47.3 Å². The van der Waals surface area contributed by atoms with Crippen LogP contribution in [0.3, 0.4) is 0 Å². The molecule has 3 rings (SSSR count). The Morgan fingerprint density at radius 2 is 1.90 bits per heavy atom. The summed E-state index contributed by atoms with van der Waals surface area (Å²) in [6, 6.07) is 1.01. The summed E-state index contributed by atoms with van der Waals surface area (Å²) in [5.41, 5.74) is 0.376. The van der Waals surface area contributed by atoms with Crippen LogP contribution in [0.15, 0.2) is 0 Å². The molecule has 2 aliphatic heterocycles. The van der Waals surface area contributed by atoms with E-state index in [1.807, 2.05) is 0 Å². The van der Waals surface area contributed by atoms with Gasteiger partial charge in [-0.25, -0.2) is 0 Å². The maximum absolute atomic E-state index is 11.2. The Kier molecular flexibility index (Phi) is 3.80. The maximum Gasteiger partial charge on any atom is 0.306 e. The fourth-order valence-corrected chi connectivity index (χ4v) is 3.99. The van der Waals surface area contributed by atoms with Crippen molar-refractivity contribution in [2.24, 2.45) is 11.3 Å². The van der Waals surface area contributed by atoms with E-state index in [9.17, 15) is 9.90 Å². The van der Waals surface area contributed by atoms with Gasteiger partial charge in [0.2, 0.25) is 0 Å². The van der Waals surface area contributed by atoms with Gasteiger partial charge in [-0.15, -0.1) is 0 Å². The van der Waals surface area contributed by atoms with Crippen LogP contribution in [-0.2, 0) is 9.53 Å². The second kappa shape index (κ2) is 5.30. The van der Waals surface area contributed by atoms with E-state index in [1.54, 1.807) is 0 Å². The fourth-order valence-electron chi connectivity index (χ4n) is 3.99. The van der Waals surface area contributed by atoms with Gasteiger partial charge in [0.15, 0.2) is 0 Å². The lowest BCUT2D eigenvalue weighted by atomic mass is 9.89. The van der Waals surface area contributed by atoms with Gasteiger partial charge in [-0.2, -0.15) is 0 Å². The molecule has 2 atom stereocenters. The third-order valence-electron chi connectivity index (χ3n) is 5.43. The molecule has 2 bridgehead atoms. The smallest absolute Gasteiger partial charge is 0.306 e. The zero-order chi connectivity index (χ0) is 14.3. The molecule has 3 aliphatic rings. The number of carboxylic acids is 1. The van der Waals surface area contributed by atoms with Crippen LogP contribution in [0.2, 0.25) is 0 Å². The number of ether oxygens (including phenoxy) is 1. The number of fused-ring (bicyclic) bond motifs is 2. The first kappa shape index (κ1) is 14.3. The number of carbonyl (C=O) groups is 1. The summed E-state index contributed by atoms with van der Waals surface area (Å²) in [6.45, 7) is 6.20. The third-order valence-corrected chi connectivity index (χ3v) is 5.43. The Hall–Kier alpha value is -0.610. The molecule has 0 amide bonds. The van der Waals surface area contributed by atoms with Crippen molar-refractivity contribution >= 4 is 5.97 Å². The molecule has 0 aromatic rings. The molecule has 0 spiro atoms. The third kappa shape index (κ3) is 2.86. The van der Waals surface area contributed by atoms with E-state index in [0.717, 1.165) is 26.0 Å². The highest BCUT2D eigenvalue weighted by Gasteiger charge is 2.50. The zero-order valence-corrected chi connectivity index (χ0v) is 12.7. The fraction of sp³-hybridized carbons (Fsp3) is 0.938. The number of piperidine rings is 1. The first-order chi connectivity index (χ1) is 9.49. The summed E-state index contributed by atoms with van der Waals surface area (Å²) in [5, 5.41) is 9.24. The van der Waals surface area contributed by atoms with Crippen LogP contribution in [0.1, 0.15) is 52.4 Å². The molecule has 20 heavy (non-hydrogen) atoms. The molecular formula is C16H27NO3. The number of nitrogens with zero attached hydrogens (tertiary/aromatic N) is 1. The Balaban J connectivity index is 1.58. The van der Waals surface area contributed by atoms with Crippen LogP contribution in [0.25, 0.3) is 0 Å². The van der Waals surface area contributed by atoms with Gasteiger partial charge in [0.05, 0.1) is 18.6 Å². The minimum atomic E-state index is -0.592. The number of hydrogen-bond acceptors (Lipinski definition) is 3. The average Bonchev–Trinajstić information content (AvgIpc) is 3.11. The molecule has 114 valence electrons. The number of aliphatic carboxylic acids is 1. The molecule has 1 aliphatic carbocycles. The molecule has 4 heteroatoms. The predicted molar refractivity (Wildman–Crippen MR) is 76.6 cm³/mol. The largest absolute Gasteiger partial charge is 0.481 e. The normalized spacial score (nSPS) is 35.5. The van der Waals surface area contributed by atoms with Crippen LogP contribution in [0.5, 0.6) is 0 Å². The standard InChI is InChI=1S/C16H27NO3/c1-11(2)20-10-16(5-6-16)9-17-13-3-4-14(17)8-12(7-13)15(18)19/h11-14H,3-10H2,1-2H3,(H,18,19). The lowest BCUT2D eigenvalue weighted by Gasteiger charge is -2.39. The van der Waals surface area contributed by atoms with Crippen molar-refractivity contribution < 1.29 is 14.6 Å².